The van der Waals surface area contributed by atoms with Crippen LogP contribution in [0.2, 0.25) is 0 Å². The van der Waals surface area contributed by atoms with Crippen molar-refractivity contribution < 1.29 is 14.6 Å². The molecule has 176 valence electrons. The molecule has 33 heavy (non-hydrogen) atoms. The maximum atomic E-state index is 11.8. The molecule has 0 saturated carbocycles. The third kappa shape index (κ3) is 5.29. The number of fused-ring (bicyclic) bond motifs is 2. The molecule has 6 nitrogen and oxygen atoms in total. The number of aliphatic hydroxyl groups excluding tert-OH is 1. The van der Waals surface area contributed by atoms with Crippen LogP contribution in [0.1, 0.15) is 54.7 Å². The molecule has 0 amide bonds. The van der Waals surface area contributed by atoms with Crippen LogP contribution in [0.4, 0.5) is 0 Å². The summed E-state index contributed by atoms with van der Waals surface area (Å²) in [7, 11) is 0. The van der Waals surface area contributed by atoms with Gasteiger partial charge < -0.3 is 20.1 Å². The third-order valence-electron chi connectivity index (χ3n) is 6.32. The number of rotatable bonds is 7. The van der Waals surface area contributed by atoms with Crippen molar-refractivity contribution in [3.8, 4) is 5.75 Å². The Labute approximate surface area is 199 Å². The Morgan fingerprint density at radius 2 is 1.76 bits per heavy atom. The van der Waals surface area contributed by atoms with Gasteiger partial charge in [-0.15, -0.1) is 12.4 Å². The molecule has 1 atom stereocenters. The van der Waals surface area contributed by atoms with Crippen LogP contribution in [0.5, 0.6) is 5.75 Å². The van der Waals surface area contributed by atoms with E-state index in [1.807, 2.05) is 0 Å². The molecule has 1 aliphatic rings. The number of pyridine rings is 1. The van der Waals surface area contributed by atoms with Gasteiger partial charge in [0.05, 0.1) is 11.6 Å². The van der Waals surface area contributed by atoms with Gasteiger partial charge in [-0.3, -0.25) is 9.59 Å². The van der Waals surface area contributed by atoms with Crippen molar-refractivity contribution in [1.82, 2.24) is 10.3 Å². The molecule has 0 spiro atoms. The number of aliphatic hydroxyl groups is 1. The van der Waals surface area contributed by atoms with Gasteiger partial charge in [-0.2, -0.15) is 0 Å². The number of aryl methyl sites for hydroxylation is 2. The fourth-order valence-corrected chi connectivity index (χ4v) is 4.74. The number of aromatic amines is 1. The monoisotopic (exact) mass is 470 g/mol. The molecular formula is C26H31ClN2O4. The molecule has 1 unspecified atom stereocenters. The Morgan fingerprint density at radius 1 is 1.12 bits per heavy atom. The first-order valence-corrected chi connectivity index (χ1v) is 11.3. The number of nitrogens with one attached hydrogen (secondary N) is 2. The summed E-state index contributed by atoms with van der Waals surface area (Å²) in [5.74, 6) is -0.192. The van der Waals surface area contributed by atoms with Gasteiger partial charge in [0, 0.05) is 31.0 Å². The Bertz CT molecular complexity index is 1190. The first-order chi connectivity index (χ1) is 15.4. The highest BCUT2D eigenvalue weighted by molar-refractivity contribution is 5.89. The highest BCUT2D eigenvalue weighted by Gasteiger charge is 2.24. The molecule has 7 heteroatoms. The number of hydrogen-bond acceptors (Lipinski definition) is 5. The molecule has 0 bridgehead atoms. The smallest absolute Gasteiger partial charge is 0.308 e. The number of carbonyl (C=O) groups is 1. The minimum absolute atomic E-state index is 0. The molecule has 2 aromatic carbocycles. The van der Waals surface area contributed by atoms with E-state index in [1.165, 1.54) is 35.2 Å². The molecule has 0 fully saturated rings. The first-order valence-electron chi connectivity index (χ1n) is 11.3. The van der Waals surface area contributed by atoms with E-state index >= 15 is 0 Å². The van der Waals surface area contributed by atoms with Crippen molar-refractivity contribution in [2.24, 2.45) is 0 Å². The highest BCUT2D eigenvalue weighted by atomic mass is 35.5. The van der Waals surface area contributed by atoms with Crippen molar-refractivity contribution in [1.29, 1.82) is 0 Å². The topological polar surface area (TPSA) is 91.4 Å². The minimum atomic E-state index is -0.768. The SMILES string of the molecule is CCc1cc2c(cc1CC)CC(NCC(O)c1ccc(OC(C)=O)c3[nH]c(=O)ccc13)C2.Cl. The van der Waals surface area contributed by atoms with Crippen molar-refractivity contribution >= 4 is 29.3 Å². The predicted octanol–water partition coefficient (Wildman–Crippen LogP) is 3.79. The van der Waals surface area contributed by atoms with Crippen LogP contribution in [0, 0.1) is 0 Å². The Kier molecular flexibility index (Phi) is 7.95. The number of carbonyl (C=O) groups excluding carboxylic acids is 1. The van der Waals surface area contributed by atoms with Crippen LogP contribution in [0.3, 0.4) is 0 Å². The van der Waals surface area contributed by atoms with E-state index in [1.54, 1.807) is 18.2 Å². The zero-order chi connectivity index (χ0) is 22.8. The van der Waals surface area contributed by atoms with Gasteiger partial charge in [0.1, 0.15) is 0 Å². The van der Waals surface area contributed by atoms with Crippen LogP contribution in [-0.4, -0.2) is 28.6 Å². The second-order valence-corrected chi connectivity index (χ2v) is 8.48. The van der Waals surface area contributed by atoms with Crippen molar-refractivity contribution in [3.05, 3.63) is 74.6 Å². The Morgan fingerprint density at radius 3 is 2.33 bits per heavy atom. The van der Waals surface area contributed by atoms with Gasteiger partial charge in [-0.05, 0) is 65.6 Å². The summed E-state index contributed by atoms with van der Waals surface area (Å²) in [6.07, 6.45) is 3.24. The maximum absolute atomic E-state index is 11.8. The molecule has 4 rings (SSSR count). The van der Waals surface area contributed by atoms with Crippen LogP contribution in [0.15, 0.2) is 41.2 Å². The van der Waals surface area contributed by atoms with E-state index in [9.17, 15) is 14.7 Å². The van der Waals surface area contributed by atoms with Gasteiger partial charge in [-0.25, -0.2) is 0 Å². The van der Waals surface area contributed by atoms with E-state index in [0.29, 0.717) is 23.0 Å². The summed E-state index contributed by atoms with van der Waals surface area (Å²) in [6.45, 7) is 6.10. The van der Waals surface area contributed by atoms with Gasteiger partial charge in [0.2, 0.25) is 5.56 Å². The maximum Gasteiger partial charge on any atom is 0.308 e. The fourth-order valence-electron chi connectivity index (χ4n) is 4.74. The zero-order valence-electron chi connectivity index (χ0n) is 19.2. The van der Waals surface area contributed by atoms with Crippen LogP contribution < -0.4 is 15.6 Å². The lowest BCUT2D eigenvalue weighted by molar-refractivity contribution is -0.131. The van der Waals surface area contributed by atoms with Crippen molar-refractivity contribution in [2.45, 2.75) is 58.6 Å². The van der Waals surface area contributed by atoms with E-state index < -0.39 is 12.1 Å². The molecule has 1 aromatic heterocycles. The average Bonchev–Trinajstić information content (AvgIpc) is 3.18. The van der Waals surface area contributed by atoms with Gasteiger partial charge in [0.25, 0.3) is 0 Å². The fraction of sp³-hybridized carbons (Fsp3) is 0.385. The van der Waals surface area contributed by atoms with Crippen molar-refractivity contribution in [2.75, 3.05) is 6.54 Å². The lowest BCUT2D eigenvalue weighted by Crippen LogP contribution is -2.33. The molecular weight excluding hydrogens is 440 g/mol. The number of H-pyrrole nitrogens is 1. The van der Waals surface area contributed by atoms with Gasteiger partial charge >= 0.3 is 5.97 Å². The number of hydrogen-bond donors (Lipinski definition) is 3. The summed E-state index contributed by atoms with van der Waals surface area (Å²) < 4.78 is 5.23. The Hall–Kier alpha value is -2.67. The molecule has 0 aliphatic heterocycles. The first kappa shape index (κ1) is 25.0. The molecule has 1 aliphatic carbocycles. The van der Waals surface area contributed by atoms with Crippen LogP contribution in [-0.2, 0) is 30.5 Å². The lowest BCUT2D eigenvalue weighted by Gasteiger charge is -2.18. The second-order valence-electron chi connectivity index (χ2n) is 8.48. The molecule has 3 N–H and O–H groups in total. The molecule has 3 aromatic rings. The van der Waals surface area contributed by atoms with E-state index in [0.717, 1.165) is 25.7 Å². The van der Waals surface area contributed by atoms with Crippen molar-refractivity contribution in [3.63, 3.8) is 0 Å². The lowest BCUT2D eigenvalue weighted by atomic mass is 9.97. The number of esters is 1. The summed E-state index contributed by atoms with van der Waals surface area (Å²) in [5.41, 5.74) is 6.46. The van der Waals surface area contributed by atoms with Gasteiger partial charge in [-0.1, -0.05) is 32.0 Å². The molecule has 0 saturated heterocycles. The minimum Gasteiger partial charge on any atom is -0.424 e. The number of halogens is 1. The van der Waals surface area contributed by atoms with E-state index in [-0.39, 0.29) is 29.8 Å². The van der Waals surface area contributed by atoms with E-state index in [2.05, 4.69) is 36.3 Å². The quantitative estimate of drug-likeness (QED) is 0.361. The molecule has 0 radical (unpaired) electrons. The summed E-state index contributed by atoms with van der Waals surface area (Å²) in [6, 6.07) is 11.4. The standard InChI is InChI=1S/C26H30N2O4.ClH/c1-4-16-10-18-12-20(13-19(18)11-17(16)5-2)27-14-23(30)21-6-8-24(32-15(3)29)26-22(21)7-9-25(31)28-26;/h6-11,20,23,27,30H,4-5,12-14H2,1-3H3,(H,28,31);1H. The highest BCUT2D eigenvalue weighted by Crippen LogP contribution is 2.31. The third-order valence-corrected chi connectivity index (χ3v) is 6.32. The van der Waals surface area contributed by atoms with E-state index in [4.69, 9.17) is 4.74 Å². The largest absolute Gasteiger partial charge is 0.424 e. The Balaban J connectivity index is 0.00000306. The predicted molar refractivity (Wildman–Crippen MR) is 132 cm³/mol. The summed E-state index contributed by atoms with van der Waals surface area (Å²) >= 11 is 0. The zero-order valence-corrected chi connectivity index (χ0v) is 20.1. The molecule has 1 heterocycles. The summed E-state index contributed by atoms with van der Waals surface area (Å²) in [5, 5.41) is 15.1. The number of ether oxygens (including phenoxy) is 1. The van der Waals surface area contributed by atoms with Crippen LogP contribution >= 0.6 is 12.4 Å². The normalized spacial score (nSPS) is 14.1. The average molecular weight is 471 g/mol. The van der Waals surface area contributed by atoms with Crippen LogP contribution in [0.25, 0.3) is 10.9 Å². The second kappa shape index (κ2) is 10.5. The number of benzene rings is 2. The van der Waals surface area contributed by atoms with Gasteiger partial charge in [0.15, 0.2) is 5.75 Å². The number of aromatic nitrogens is 1. The summed E-state index contributed by atoms with van der Waals surface area (Å²) in [4.78, 5) is 26.0.